The predicted molar refractivity (Wildman–Crippen MR) is 58.5 cm³/mol. The van der Waals surface area contributed by atoms with Crippen molar-refractivity contribution in [2.75, 3.05) is 26.4 Å². The Morgan fingerprint density at radius 1 is 1.73 bits per heavy atom. The van der Waals surface area contributed by atoms with Gasteiger partial charge in [0.05, 0.1) is 6.20 Å². The highest BCUT2D eigenvalue weighted by Gasteiger charge is 2.14. The van der Waals surface area contributed by atoms with Gasteiger partial charge in [-0.2, -0.15) is 5.10 Å². The molecule has 1 atom stereocenters. The number of nitrogens with zero attached hydrogens (tertiary/aromatic N) is 2. The Bertz CT molecular complexity index is 333. The van der Waals surface area contributed by atoms with E-state index in [0.717, 1.165) is 6.54 Å². The summed E-state index contributed by atoms with van der Waals surface area (Å²) >= 11 is 0. The number of aromatic nitrogens is 2. The van der Waals surface area contributed by atoms with Crippen molar-refractivity contribution in [3.63, 3.8) is 0 Å². The number of H-pyrrole nitrogens is 1. The Labute approximate surface area is 88.8 Å². The van der Waals surface area contributed by atoms with Crippen molar-refractivity contribution in [1.82, 2.24) is 20.4 Å². The number of rotatable bonds is 4. The minimum atomic E-state index is -0.199. The summed E-state index contributed by atoms with van der Waals surface area (Å²) in [6.07, 6.45) is 1.42. The standard InChI is InChI=1S/C9H17N5O/c1-6(5-14(2)3)12-9(15)7-4-11-13-8(7)10/h4,6H,5H2,1-3H3,(H,12,15)(H3,10,11,13). The molecule has 0 radical (unpaired) electrons. The fraction of sp³-hybridized carbons (Fsp3) is 0.556. The van der Waals surface area contributed by atoms with E-state index in [1.807, 2.05) is 25.9 Å². The average molecular weight is 211 g/mol. The highest BCUT2D eigenvalue weighted by atomic mass is 16.1. The van der Waals surface area contributed by atoms with E-state index in [1.165, 1.54) is 6.20 Å². The van der Waals surface area contributed by atoms with Crippen LogP contribution in [0.3, 0.4) is 0 Å². The molecule has 1 heterocycles. The number of carbonyl (C=O) groups excluding carboxylic acids is 1. The van der Waals surface area contributed by atoms with Crippen molar-refractivity contribution in [3.8, 4) is 0 Å². The van der Waals surface area contributed by atoms with E-state index in [-0.39, 0.29) is 11.9 Å². The third-order valence-corrected chi connectivity index (χ3v) is 1.93. The molecule has 0 bridgehead atoms. The van der Waals surface area contributed by atoms with Crippen molar-refractivity contribution < 1.29 is 4.79 Å². The number of hydrogen-bond donors (Lipinski definition) is 3. The van der Waals surface area contributed by atoms with E-state index < -0.39 is 0 Å². The lowest BCUT2D eigenvalue weighted by Crippen LogP contribution is -2.39. The molecule has 4 N–H and O–H groups in total. The molecule has 1 aromatic heterocycles. The maximum Gasteiger partial charge on any atom is 0.256 e. The maximum atomic E-state index is 11.6. The van der Waals surface area contributed by atoms with Gasteiger partial charge in [0.15, 0.2) is 0 Å². The zero-order valence-corrected chi connectivity index (χ0v) is 9.24. The Balaban J connectivity index is 2.53. The highest BCUT2D eigenvalue weighted by Crippen LogP contribution is 2.05. The first-order valence-corrected chi connectivity index (χ1v) is 4.75. The van der Waals surface area contributed by atoms with E-state index in [0.29, 0.717) is 11.4 Å². The summed E-state index contributed by atoms with van der Waals surface area (Å²) in [6.45, 7) is 2.72. The molecule has 0 aliphatic carbocycles. The van der Waals surface area contributed by atoms with Gasteiger partial charge in [-0.1, -0.05) is 0 Å². The number of nitrogen functional groups attached to an aromatic ring is 1. The zero-order chi connectivity index (χ0) is 11.4. The van der Waals surface area contributed by atoms with Gasteiger partial charge in [-0.3, -0.25) is 9.89 Å². The molecule has 0 aliphatic heterocycles. The van der Waals surface area contributed by atoms with Crippen LogP contribution in [0.15, 0.2) is 6.20 Å². The van der Waals surface area contributed by atoms with Crippen molar-refractivity contribution in [3.05, 3.63) is 11.8 Å². The van der Waals surface area contributed by atoms with Crippen LogP contribution >= 0.6 is 0 Å². The van der Waals surface area contributed by atoms with Crippen LogP contribution in [-0.2, 0) is 0 Å². The van der Waals surface area contributed by atoms with Crippen LogP contribution in [0.1, 0.15) is 17.3 Å². The number of nitrogens with one attached hydrogen (secondary N) is 2. The third-order valence-electron chi connectivity index (χ3n) is 1.93. The lowest BCUT2D eigenvalue weighted by molar-refractivity contribution is 0.0935. The summed E-state index contributed by atoms with van der Waals surface area (Å²) in [6, 6.07) is 0.0711. The van der Waals surface area contributed by atoms with Crippen molar-refractivity contribution >= 4 is 11.7 Å². The minimum absolute atomic E-state index is 0.0711. The first kappa shape index (κ1) is 11.5. The number of amides is 1. The van der Waals surface area contributed by atoms with E-state index in [1.54, 1.807) is 0 Å². The van der Waals surface area contributed by atoms with Crippen LogP contribution in [0.2, 0.25) is 0 Å². The number of aromatic amines is 1. The molecule has 0 aromatic carbocycles. The molecule has 0 saturated heterocycles. The fourth-order valence-corrected chi connectivity index (χ4v) is 1.37. The molecule has 0 saturated carbocycles. The SMILES string of the molecule is CC(CN(C)C)NC(=O)c1cn[nH]c1N. The molecular weight excluding hydrogens is 194 g/mol. The molecule has 6 heteroatoms. The molecule has 1 amide bonds. The monoisotopic (exact) mass is 211 g/mol. The van der Waals surface area contributed by atoms with Gasteiger partial charge in [0.25, 0.3) is 5.91 Å². The van der Waals surface area contributed by atoms with Crippen LogP contribution in [0, 0.1) is 0 Å². The first-order chi connectivity index (χ1) is 7.00. The Morgan fingerprint density at radius 3 is 2.87 bits per heavy atom. The van der Waals surface area contributed by atoms with Crippen molar-refractivity contribution in [1.29, 1.82) is 0 Å². The molecule has 1 rings (SSSR count). The normalized spacial score (nSPS) is 12.8. The Hall–Kier alpha value is -1.56. The highest BCUT2D eigenvalue weighted by molar-refractivity contribution is 5.98. The second-order valence-corrected chi connectivity index (χ2v) is 3.83. The summed E-state index contributed by atoms with van der Waals surface area (Å²) in [7, 11) is 3.91. The molecule has 1 aromatic rings. The van der Waals surface area contributed by atoms with Gasteiger partial charge in [-0.15, -0.1) is 0 Å². The summed E-state index contributed by atoms with van der Waals surface area (Å²) < 4.78 is 0. The molecule has 0 fully saturated rings. The van der Waals surface area contributed by atoms with Crippen LogP contribution < -0.4 is 11.1 Å². The largest absolute Gasteiger partial charge is 0.383 e. The lowest BCUT2D eigenvalue weighted by Gasteiger charge is -2.17. The second kappa shape index (κ2) is 4.79. The van der Waals surface area contributed by atoms with Gasteiger partial charge in [-0.25, -0.2) is 0 Å². The van der Waals surface area contributed by atoms with E-state index in [4.69, 9.17) is 5.73 Å². The third kappa shape index (κ3) is 3.25. The molecule has 1 unspecified atom stereocenters. The van der Waals surface area contributed by atoms with Crippen LogP contribution in [0.5, 0.6) is 0 Å². The molecule has 6 nitrogen and oxygen atoms in total. The summed E-state index contributed by atoms with van der Waals surface area (Å²) in [5.74, 6) is 0.0974. The average Bonchev–Trinajstić information content (AvgIpc) is 2.49. The Kier molecular flexibility index (Phi) is 3.68. The van der Waals surface area contributed by atoms with Crippen LogP contribution in [-0.4, -0.2) is 47.7 Å². The fourth-order valence-electron chi connectivity index (χ4n) is 1.37. The number of carbonyl (C=O) groups is 1. The van der Waals surface area contributed by atoms with Gasteiger partial charge in [-0.05, 0) is 21.0 Å². The van der Waals surface area contributed by atoms with E-state index in [2.05, 4.69) is 15.5 Å². The van der Waals surface area contributed by atoms with Gasteiger partial charge < -0.3 is 16.0 Å². The summed E-state index contributed by atoms with van der Waals surface area (Å²) in [5.41, 5.74) is 5.92. The van der Waals surface area contributed by atoms with Crippen LogP contribution in [0.4, 0.5) is 5.82 Å². The van der Waals surface area contributed by atoms with Gasteiger partial charge in [0, 0.05) is 12.6 Å². The van der Waals surface area contributed by atoms with Crippen molar-refractivity contribution in [2.24, 2.45) is 0 Å². The predicted octanol–water partition coefficient (Wildman–Crippen LogP) is -0.328. The maximum absolute atomic E-state index is 11.6. The quantitative estimate of drug-likeness (QED) is 0.636. The summed E-state index contributed by atoms with van der Waals surface area (Å²) in [4.78, 5) is 13.7. The molecular formula is C9H17N5O. The first-order valence-electron chi connectivity index (χ1n) is 4.75. The van der Waals surface area contributed by atoms with Gasteiger partial charge >= 0.3 is 0 Å². The topological polar surface area (TPSA) is 87.0 Å². The minimum Gasteiger partial charge on any atom is -0.383 e. The molecule has 84 valence electrons. The van der Waals surface area contributed by atoms with Crippen LogP contribution in [0.25, 0.3) is 0 Å². The van der Waals surface area contributed by atoms with Gasteiger partial charge in [0.1, 0.15) is 11.4 Å². The Morgan fingerprint density at radius 2 is 2.40 bits per heavy atom. The summed E-state index contributed by atoms with van der Waals surface area (Å²) in [5, 5.41) is 9.04. The molecule has 0 aliphatic rings. The lowest BCUT2D eigenvalue weighted by atomic mass is 10.2. The smallest absolute Gasteiger partial charge is 0.256 e. The second-order valence-electron chi connectivity index (χ2n) is 3.83. The number of anilines is 1. The number of hydrogen-bond acceptors (Lipinski definition) is 4. The van der Waals surface area contributed by atoms with Crippen molar-refractivity contribution in [2.45, 2.75) is 13.0 Å². The van der Waals surface area contributed by atoms with E-state index >= 15 is 0 Å². The molecule has 15 heavy (non-hydrogen) atoms. The molecule has 0 spiro atoms. The number of nitrogens with two attached hydrogens (primary N) is 1. The van der Waals surface area contributed by atoms with Gasteiger partial charge in [0.2, 0.25) is 0 Å². The number of likely N-dealkylation sites (N-methyl/N-ethyl adjacent to an activating group) is 1. The van der Waals surface area contributed by atoms with E-state index in [9.17, 15) is 4.79 Å². The zero-order valence-electron chi connectivity index (χ0n) is 9.24.